The molecule has 1 aromatic rings. The van der Waals surface area contributed by atoms with E-state index in [1.54, 1.807) is 0 Å². The highest BCUT2D eigenvalue weighted by atomic mass is 35.5. The van der Waals surface area contributed by atoms with E-state index in [4.69, 9.17) is 23.2 Å². The molecule has 1 aliphatic carbocycles. The van der Waals surface area contributed by atoms with Crippen LogP contribution in [-0.2, 0) is 15.0 Å². The molecule has 0 bridgehead atoms. The Bertz CT molecular complexity index is 961. The molecule has 1 atom stereocenters. The summed E-state index contributed by atoms with van der Waals surface area (Å²) < 4.78 is 0. The lowest BCUT2D eigenvalue weighted by Crippen LogP contribution is -2.56. The molecular weight excluding hydrogens is 507 g/mol. The molecule has 4 aliphatic rings. The van der Waals surface area contributed by atoms with Crippen LogP contribution in [0.15, 0.2) is 30.9 Å². The Morgan fingerprint density at radius 3 is 2.43 bits per heavy atom. The minimum atomic E-state index is -0.373. The summed E-state index contributed by atoms with van der Waals surface area (Å²) >= 11 is 12.5. The van der Waals surface area contributed by atoms with Gasteiger partial charge in [-0.1, -0.05) is 61.5 Å². The lowest BCUT2D eigenvalue weighted by Gasteiger charge is -2.42. The highest BCUT2D eigenvalue weighted by Crippen LogP contribution is 2.41. The zero-order valence-electron chi connectivity index (χ0n) is 22.2. The molecule has 8 heteroatoms. The van der Waals surface area contributed by atoms with E-state index < -0.39 is 0 Å². The Kier molecular flexibility index (Phi) is 9.60. The first-order valence-corrected chi connectivity index (χ1v) is 14.6. The Morgan fingerprint density at radius 1 is 1.14 bits per heavy atom. The number of nitrogens with zero attached hydrogens (tertiary/aromatic N) is 3. The maximum Gasteiger partial charge on any atom is 0.241 e. The number of carbonyl (C=O) groups excluding carboxylic acids is 2. The molecule has 0 aromatic heterocycles. The van der Waals surface area contributed by atoms with Crippen molar-refractivity contribution in [1.29, 1.82) is 0 Å². The smallest absolute Gasteiger partial charge is 0.241 e. The molecule has 4 fully saturated rings. The summed E-state index contributed by atoms with van der Waals surface area (Å²) in [6.07, 6.45) is 11.9. The van der Waals surface area contributed by atoms with Crippen LogP contribution in [-0.4, -0.2) is 78.5 Å². The molecule has 3 saturated heterocycles. The third-order valence-corrected chi connectivity index (χ3v) is 9.82. The van der Waals surface area contributed by atoms with Crippen molar-refractivity contribution in [1.82, 2.24) is 20.0 Å². The lowest BCUT2D eigenvalue weighted by molar-refractivity contribution is -0.129. The molecule has 1 aromatic carbocycles. The number of likely N-dealkylation sites (tertiary alicyclic amines) is 2. The van der Waals surface area contributed by atoms with Gasteiger partial charge in [0.1, 0.15) is 5.54 Å². The number of amides is 2. The molecule has 0 radical (unpaired) electrons. The second-order valence-corrected chi connectivity index (χ2v) is 12.2. The zero-order valence-corrected chi connectivity index (χ0v) is 23.7. The Morgan fingerprint density at radius 2 is 1.86 bits per heavy atom. The van der Waals surface area contributed by atoms with Crippen molar-refractivity contribution in [2.75, 3.05) is 45.9 Å². The molecule has 6 nitrogen and oxygen atoms in total. The SMILES string of the molecule is C=CCN1CNC(=O)C12CCN(CCCC1(c3ccc(Cl)c(Cl)c3)CCN(C=O)C1)CC2.CC1CCC1. The topological polar surface area (TPSA) is 55.9 Å². The maximum absolute atomic E-state index is 12.6. The number of rotatable bonds is 8. The van der Waals surface area contributed by atoms with E-state index in [-0.39, 0.29) is 16.9 Å². The first-order chi connectivity index (χ1) is 17.8. The van der Waals surface area contributed by atoms with Crippen LogP contribution in [0.5, 0.6) is 0 Å². The van der Waals surface area contributed by atoms with Gasteiger partial charge in [-0.15, -0.1) is 6.58 Å². The maximum atomic E-state index is 12.6. The summed E-state index contributed by atoms with van der Waals surface area (Å²) in [5, 5.41) is 4.14. The van der Waals surface area contributed by atoms with Crippen molar-refractivity contribution in [3.05, 3.63) is 46.5 Å². The van der Waals surface area contributed by atoms with Crippen molar-refractivity contribution >= 4 is 35.5 Å². The third-order valence-electron chi connectivity index (χ3n) is 9.08. The fourth-order valence-corrected chi connectivity index (χ4v) is 6.67. The third kappa shape index (κ3) is 6.35. The van der Waals surface area contributed by atoms with Gasteiger partial charge >= 0.3 is 0 Å². The molecule has 37 heavy (non-hydrogen) atoms. The minimum absolute atomic E-state index is 0.0851. The number of nitrogens with one attached hydrogen (secondary N) is 1. The monoisotopic (exact) mass is 548 g/mol. The summed E-state index contributed by atoms with van der Waals surface area (Å²) in [5.74, 6) is 1.23. The Balaban J connectivity index is 0.000000572. The van der Waals surface area contributed by atoms with Gasteiger partial charge in [0, 0.05) is 38.1 Å². The van der Waals surface area contributed by atoms with Crippen molar-refractivity contribution in [2.24, 2.45) is 5.92 Å². The van der Waals surface area contributed by atoms with Gasteiger partial charge in [0.2, 0.25) is 12.3 Å². The average Bonchev–Trinajstić information content (AvgIpc) is 3.44. The summed E-state index contributed by atoms with van der Waals surface area (Å²) in [7, 11) is 0. The molecule has 1 saturated carbocycles. The van der Waals surface area contributed by atoms with Gasteiger partial charge < -0.3 is 15.1 Å². The largest absolute Gasteiger partial charge is 0.344 e. The normalized spacial score (nSPS) is 25.9. The number of hydrogen-bond acceptors (Lipinski definition) is 4. The molecular formula is C29H42Cl2N4O2. The van der Waals surface area contributed by atoms with Crippen molar-refractivity contribution in [2.45, 2.75) is 69.2 Å². The van der Waals surface area contributed by atoms with Gasteiger partial charge in [0.05, 0.1) is 16.7 Å². The molecule has 2 amide bonds. The Labute approximate surface area is 232 Å². The predicted molar refractivity (Wildman–Crippen MR) is 151 cm³/mol. The van der Waals surface area contributed by atoms with Crippen LogP contribution in [0.1, 0.15) is 63.9 Å². The van der Waals surface area contributed by atoms with Gasteiger partial charge in [0.25, 0.3) is 0 Å². The summed E-state index contributed by atoms with van der Waals surface area (Å²) in [6, 6.07) is 5.88. The van der Waals surface area contributed by atoms with Gasteiger partial charge in [0.15, 0.2) is 0 Å². The van der Waals surface area contributed by atoms with Crippen LogP contribution in [0.3, 0.4) is 0 Å². The van der Waals surface area contributed by atoms with Crippen LogP contribution < -0.4 is 5.32 Å². The highest BCUT2D eigenvalue weighted by Gasteiger charge is 2.49. The van der Waals surface area contributed by atoms with Gasteiger partial charge in [-0.2, -0.15) is 0 Å². The van der Waals surface area contributed by atoms with E-state index in [2.05, 4.69) is 34.7 Å². The number of benzene rings is 1. The van der Waals surface area contributed by atoms with Crippen molar-refractivity contribution < 1.29 is 9.59 Å². The Hall–Kier alpha value is -1.60. The molecule has 3 aliphatic heterocycles. The number of carbonyl (C=O) groups is 2. The molecule has 3 heterocycles. The van der Waals surface area contributed by atoms with E-state index in [0.29, 0.717) is 23.3 Å². The quantitative estimate of drug-likeness (QED) is 0.363. The summed E-state index contributed by atoms with van der Waals surface area (Å²) in [6.45, 7) is 11.8. The van der Waals surface area contributed by atoms with Crippen LogP contribution in [0, 0.1) is 5.92 Å². The fraction of sp³-hybridized carbons (Fsp3) is 0.655. The number of hydrogen-bond donors (Lipinski definition) is 1. The van der Waals surface area contributed by atoms with Crippen molar-refractivity contribution in [3.63, 3.8) is 0 Å². The van der Waals surface area contributed by atoms with Crippen LogP contribution in [0.2, 0.25) is 10.0 Å². The van der Waals surface area contributed by atoms with Crippen LogP contribution in [0.25, 0.3) is 0 Å². The second-order valence-electron chi connectivity index (χ2n) is 11.4. The molecule has 1 spiro atoms. The molecule has 1 N–H and O–H groups in total. The molecule has 204 valence electrons. The summed E-state index contributed by atoms with van der Waals surface area (Å²) in [5.41, 5.74) is 0.705. The molecule has 5 rings (SSSR count). The predicted octanol–water partition coefficient (Wildman–Crippen LogP) is 5.09. The van der Waals surface area contributed by atoms with Gasteiger partial charge in [-0.05, 0) is 62.3 Å². The van der Waals surface area contributed by atoms with E-state index in [1.807, 2.05) is 23.1 Å². The average molecular weight is 550 g/mol. The van der Waals surface area contributed by atoms with E-state index in [0.717, 1.165) is 82.7 Å². The van der Waals surface area contributed by atoms with E-state index in [1.165, 1.54) is 19.3 Å². The first kappa shape index (κ1) is 28.4. The summed E-state index contributed by atoms with van der Waals surface area (Å²) in [4.78, 5) is 30.6. The number of piperidine rings is 1. The van der Waals surface area contributed by atoms with Gasteiger partial charge in [-0.25, -0.2) is 0 Å². The van der Waals surface area contributed by atoms with Gasteiger partial charge in [-0.3, -0.25) is 14.5 Å². The van der Waals surface area contributed by atoms with Crippen LogP contribution >= 0.6 is 23.2 Å². The van der Waals surface area contributed by atoms with E-state index in [9.17, 15) is 9.59 Å². The van der Waals surface area contributed by atoms with E-state index >= 15 is 0 Å². The fourth-order valence-electron chi connectivity index (χ4n) is 6.37. The standard InChI is InChI=1S/C24H32Cl2N4O2.C5H10/c1-2-10-30-17-27-22(32)24(30)8-13-28(14-9-24)11-3-6-23(7-12-29(16-23)18-31)19-4-5-20(25)21(26)15-19;1-5-3-2-4-5/h2,4-5,15,18H,1,3,6-14,16-17H2,(H,27,32);5H,2-4H2,1H3. The van der Waals surface area contributed by atoms with Crippen LogP contribution in [0.4, 0.5) is 0 Å². The highest BCUT2D eigenvalue weighted by molar-refractivity contribution is 6.42. The first-order valence-electron chi connectivity index (χ1n) is 13.8. The lowest BCUT2D eigenvalue weighted by atomic mass is 9.76. The minimum Gasteiger partial charge on any atom is -0.344 e. The zero-order chi connectivity index (χ0) is 26.5. The van der Waals surface area contributed by atoms with Crippen molar-refractivity contribution in [3.8, 4) is 0 Å². The number of halogens is 2. The molecule has 1 unspecified atom stereocenters. The second kappa shape index (κ2) is 12.5.